The lowest BCUT2D eigenvalue weighted by molar-refractivity contribution is -0.118. The molecule has 2 aromatic heterocycles. The summed E-state index contributed by atoms with van der Waals surface area (Å²) < 4.78 is 0. The Bertz CT molecular complexity index is 994. The molecule has 0 radical (unpaired) electrons. The number of hydrogen-bond acceptors (Lipinski definition) is 4. The van der Waals surface area contributed by atoms with E-state index in [9.17, 15) is 4.79 Å². The summed E-state index contributed by atoms with van der Waals surface area (Å²) in [5.74, 6) is 0.232. The van der Waals surface area contributed by atoms with Crippen LogP contribution in [0.1, 0.15) is 45.6 Å². The topological polar surface area (TPSA) is 46.1 Å². The van der Waals surface area contributed by atoms with Crippen LogP contribution in [0.15, 0.2) is 48.1 Å². The van der Waals surface area contributed by atoms with Crippen LogP contribution in [0.3, 0.4) is 0 Å². The Morgan fingerprint density at radius 1 is 1.14 bits per heavy atom. The zero-order valence-corrected chi connectivity index (χ0v) is 17.4. The van der Waals surface area contributed by atoms with Gasteiger partial charge in [-0.1, -0.05) is 26.8 Å². The van der Waals surface area contributed by atoms with Crippen LogP contribution >= 0.6 is 11.3 Å². The van der Waals surface area contributed by atoms with Crippen molar-refractivity contribution < 1.29 is 4.79 Å². The van der Waals surface area contributed by atoms with Crippen molar-refractivity contribution >= 4 is 22.9 Å². The van der Waals surface area contributed by atoms with Gasteiger partial charge in [-0.3, -0.25) is 9.78 Å². The summed E-state index contributed by atoms with van der Waals surface area (Å²) in [5, 5.41) is 3.10. The van der Waals surface area contributed by atoms with Gasteiger partial charge in [0.15, 0.2) is 0 Å². The lowest BCUT2D eigenvalue weighted by Crippen LogP contribution is -2.30. The molecule has 144 valence electrons. The molecule has 0 saturated carbocycles. The number of anilines is 1. The highest BCUT2D eigenvalue weighted by Crippen LogP contribution is 2.41. The Labute approximate surface area is 170 Å². The van der Waals surface area contributed by atoms with Crippen LogP contribution in [0.4, 0.5) is 5.69 Å². The Balaban J connectivity index is 1.76. The maximum Gasteiger partial charge on any atom is 0.227 e. The normalized spacial score (nSPS) is 16.0. The summed E-state index contributed by atoms with van der Waals surface area (Å²) in [6.07, 6.45) is 6.00. The largest absolute Gasteiger partial charge is 0.312 e. The van der Waals surface area contributed by atoms with Crippen molar-refractivity contribution in [1.82, 2.24) is 9.97 Å². The van der Waals surface area contributed by atoms with Crippen LogP contribution in [-0.4, -0.2) is 22.4 Å². The van der Waals surface area contributed by atoms with E-state index in [0.29, 0.717) is 6.42 Å². The molecule has 0 N–H and O–H groups in total. The van der Waals surface area contributed by atoms with E-state index < -0.39 is 0 Å². The summed E-state index contributed by atoms with van der Waals surface area (Å²) in [7, 11) is 0. The summed E-state index contributed by atoms with van der Waals surface area (Å²) in [4.78, 5) is 23.6. The fourth-order valence-electron chi connectivity index (χ4n) is 3.80. The summed E-state index contributed by atoms with van der Waals surface area (Å²) >= 11 is 1.64. The number of pyridine rings is 1. The average molecular weight is 392 g/mol. The molecule has 0 saturated heterocycles. The zero-order chi connectivity index (χ0) is 19.7. The van der Waals surface area contributed by atoms with Gasteiger partial charge in [0.1, 0.15) is 5.01 Å². The molecule has 0 fully saturated rings. The van der Waals surface area contributed by atoms with Crippen molar-refractivity contribution in [3.05, 3.63) is 53.7 Å². The molecule has 0 aliphatic carbocycles. The van der Waals surface area contributed by atoms with E-state index >= 15 is 0 Å². The first-order valence-electron chi connectivity index (χ1n) is 9.81. The lowest BCUT2D eigenvalue weighted by Gasteiger charge is -2.28. The minimum Gasteiger partial charge on any atom is -0.312 e. The van der Waals surface area contributed by atoms with Crippen LogP contribution in [0.5, 0.6) is 0 Å². The van der Waals surface area contributed by atoms with Gasteiger partial charge in [0.2, 0.25) is 5.91 Å². The number of thiazole rings is 1. The van der Waals surface area contributed by atoms with E-state index in [2.05, 4.69) is 49.3 Å². The molecule has 1 aliphatic rings. The van der Waals surface area contributed by atoms with Crippen molar-refractivity contribution in [1.29, 1.82) is 0 Å². The van der Waals surface area contributed by atoms with Gasteiger partial charge in [-0.15, -0.1) is 11.3 Å². The number of rotatable bonds is 4. The van der Waals surface area contributed by atoms with Gasteiger partial charge in [0.25, 0.3) is 0 Å². The number of hydrogen-bond donors (Lipinski definition) is 0. The monoisotopic (exact) mass is 391 g/mol. The highest BCUT2D eigenvalue weighted by atomic mass is 32.1. The molecular weight excluding hydrogens is 366 g/mol. The van der Waals surface area contributed by atoms with Crippen molar-refractivity contribution in [2.45, 2.75) is 45.4 Å². The molecule has 5 heteroatoms. The van der Waals surface area contributed by atoms with Gasteiger partial charge in [-0.25, -0.2) is 4.98 Å². The van der Waals surface area contributed by atoms with Gasteiger partial charge in [-0.2, -0.15) is 0 Å². The molecule has 1 aromatic carbocycles. The van der Waals surface area contributed by atoms with Crippen molar-refractivity contribution in [3.63, 3.8) is 0 Å². The first kappa shape index (κ1) is 18.8. The molecule has 3 heterocycles. The Hall–Kier alpha value is -2.53. The molecule has 0 bridgehead atoms. The molecule has 0 unspecified atom stereocenters. The molecule has 0 spiro atoms. The molecule has 4 nitrogen and oxygen atoms in total. The molecule has 4 rings (SSSR count). The second kappa shape index (κ2) is 7.47. The van der Waals surface area contributed by atoms with Crippen LogP contribution in [-0.2, 0) is 10.2 Å². The third kappa shape index (κ3) is 3.47. The first-order chi connectivity index (χ1) is 13.5. The second-order valence-corrected chi connectivity index (χ2v) is 8.79. The Morgan fingerprint density at radius 2 is 1.93 bits per heavy atom. The highest BCUT2D eigenvalue weighted by Gasteiger charge is 2.32. The summed E-state index contributed by atoms with van der Waals surface area (Å²) in [6.45, 7) is 7.36. The number of benzene rings is 1. The quantitative estimate of drug-likeness (QED) is 0.574. The number of carbonyl (C=O) groups is 1. The first-order valence-corrected chi connectivity index (χ1v) is 10.7. The minimum atomic E-state index is -0.0482. The van der Waals surface area contributed by atoms with Crippen molar-refractivity contribution in [2.24, 2.45) is 0 Å². The van der Waals surface area contributed by atoms with Gasteiger partial charge >= 0.3 is 0 Å². The van der Waals surface area contributed by atoms with E-state index in [1.807, 2.05) is 17.0 Å². The van der Waals surface area contributed by atoms with E-state index in [4.69, 9.17) is 4.98 Å². The molecule has 1 amide bonds. The number of aromatic nitrogens is 2. The van der Waals surface area contributed by atoms with Crippen molar-refractivity contribution in [3.8, 4) is 21.8 Å². The molecule has 3 aromatic rings. The van der Waals surface area contributed by atoms with Crippen LogP contribution < -0.4 is 4.90 Å². The Morgan fingerprint density at radius 3 is 2.68 bits per heavy atom. The molecular formula is C23H25N3OS. The predicted molar refractivity (Wildman–Crippen MR) is 116 cm³/mol. The standard InChI is InChI=1S/C23H25N3OS/c1-4-13-26-20-6-5-17(14-18(20)23(2,3)10-7-21(26)27)19-15-28-22(25-19)16-8-11-24-12-9-16/h5-6,8-9,11-12,14-15H,4,7,10,13H2,1-3H3. The third-order valence-electron chi connectivity index (χ3n) is 5.46. The fourth-order valence-corrected chi connectivity index (χ4v) is 4.63. The molecule has 0 atom stereocenters. The highest BCUT2D eigenvalue weighted by molar-refractivity contribution is 7.13. The van der Waals surface area contributed by atoms with E-state index in [-0.39, 0.29) is 11.3 Å². The Kier molecular flexibility index (Phi) is 5.02. The third-order valence-corrected chi connectivity index (χ3v) is 6.35. The van der Waals surface area contributed by atoms with Crippen LogP contribution in [0.2, 0.25) is 0 Å². The maximum atomic E-state index is 12.7. The molecule has 1 aliphatic heterocycles. The zero-order valence-electron chi connectivity index (χ0n) is 16.6. The summed E-state index contributed by atoms with van der Waals surface area (Å²) in [5.41, 5.74) is 5.42. The van der Waals surface area contributed by atoms with Gasteiger partial charge in [-0.05, 0) is 48.1 Å². The molecule has 28 heavy (non-hydrogen) atoms. The van der Waals surface area contributed by atoms with Crippen LogP contribution in [0, 0.1) is 0 Å². The number of fused-ring (bicyclic) bond motifs is 1. The minimum absolute atomic E-state index is 0.0482. The second-order valence-electron chi connectivity index (χ2n) is 7.93. The van der Waals surface area contributed by atoms with Gasteiger partial charge in [0.05, 0.1) is 5.69 Å². The van der Waals surface area contributed by atoms with Gasteiger partial charge < -0.3 is 4.90 Å². The maximum absolute atomic E-state index is 12.7. The number of amides is 1. The number of carbonyl (C=O) groups excluding carboxylic acids is 1. The SMILES string of the molecule is CCCN1C(=O)CCC(C)(C)c2cc(-c3csc(-c4ccncc4)n3)ccc21. The van der Waals surface area contributed by atoms with Crippen LogP contribution in [0.25, 0.3) is 21.8 Å². The number of nitrogens with zero attached hydrogens (tertiary/aromatic N) is 3. The van der Waals surface area contributed by atoms with E-state index in [1.54, 1.807) is 23.7 Å². The average Bonchev–Trinajstić information content (AvgIpc) is 3.18. The lowest BCUT2D eigenvalue weighted by atomic mass is 9.79. The van der Waals surface area contributed by atoms with E-state index in [1.165, 1.54) is 5.56 Å². The fraction of sp³-hybridized carbons (Fsp3) is 0.348. The van der Waals surface area contributed by atoms with Crippen molar-refractivity contribution in [2.75, 3.05) is 11.4 Å². The summed E-state index contributed by atoms with van der Waals surface area (Å²) in [6, 6.07) is 10.4. The van der Waals surface area contributed by atoms with Gasteiger partial charge in [0, 0.05) is 47.6 Å². The smallest absolute Gasteiger partial charge is 0.227 e. The predicted octanol–water partition coefficient (Wildman–Crippen LogP) is 5.69. The van der Waals surface area contributed by atoms with E-state index in [0.717, 1.165) is 46.9 Å².